The molecule has 11 heavy (non-hydrogen) atoms. The maximum Gasteiger partial charge on any atom is 0.164 e. The van der Waals surface area contributed by atoms with E-state index in [4.69, 9.17) is 22.3 Å². The van der Waals surface area contributed by atoms with E-state index < -0.39 is 15.8 Å². The highest BCUT2D eigenvalue weighted by Crippen LogP contribution is 2.15. The summed E-state index contributed by atoms with van der Waals surface area (Å²) in [5.41, 5.74) is 0. The molecule has 0 aromatic carbocycles. The van der Waals surface area contributed by atoms with E-state index in [1.54, 1.807) is 0 Å². The van der Waals surface area contributed by atoms with Crippen LogP contribution in [0.3, 0.4) is 0 Å². The zero-order valence-corrected chi connectivity index (χ0v) is 7.38. The Kier molecular flexibility index (Phi) is 2.81. The van der Waals surface area contributed by atoms with E-state index >= 15 is 0 Å². The second-order valence-electron chi connectivity index (χ2n) is 1.67. The second kappa shape index (κ2) is 3.47. The van der Waals surface area contributed by atoms with Gasteiger partial charge in [0.2, 0.25) is 0 Å². The molecule has 1 unspecified atom stereocenters. The molecule has 0 saturated carbocycles. The molecular weight excluding hydrogens is 212 g/mol. The van der Waals surface area contributed by atoms with Gasteiger partial charge in [-0.3, -0.25) is 0 Å². The first-order valence-corrected chi connectivity index (χ1v) is 4.85. The summed E-state index contributed by atoms with van der Waals surface area (Å²) in [5.74, 6) is -0.724. The molecule has 0 fully saturated rings. The van der Waals surface area contributed by atoms with E-state index in [2.05, 4.69) is 4.98 Å². The lowest BCUT2D eigenvalue weighted by atomic mass is 10.5. The van der Waals surface area contributed by atoms with Crippen LogP contribution in [0.5, 0.6) is 0 Å². The number of nitrogens with zero attached hydrogens (tertiary/aromatic N) is 1. The summed E-state index contributed by atoms with van der Waals surface area (Å²) < 4.78 is 23.1. The molecule has 1 aromatic heterocycles. The molecule has 0 amide bonds. The van der Waals surface area contributed by atoms with Gasteiger partial charge in [-0.1, -0.05) is 11.6 Å². The van der Waals surface area contributed by atoms with Gasteiger partial charge in [0.1, 0.15) is 10.0 Å². The van der Waals surface area contributed by atoms with Crippen molar-refractivity contribution >= 4 is 32.3 Å². The summed E-state index contributed by atoms with van der Waals surface area (Å²) in [6.45, 7) is 0. The fraction of sp³-hybridized carbons (Fsp3) is 0. The first-order valence-electron chi connectivity index (χ1n) is 2.50. The van der Waals surface area contributed by atoms with Gasteiger partial charge in [0.25, 0.3) is 0 Å². The summed E-state index contributed by atoms with van der Waals surface area (Å²) >= 11 is 5.26. The van der Waals surface area contributed by atoms with E-state index in [0.717, 1.165) is 12.3 Å². The third-order valence-corrected chi connectivity index (χ3v) is 2.36. The summed E-state index contributed by atoms with van der Waals surface area (Å²) in [4.78, 5) is 3.52. The standard InChI is InChI=1S/C5H2Cl2FNOS/c6-5-4(8)1-3(2-9-5)11(7)10/h1-2H. The molecule has 0 bridgehead atoms. The zero-order chi connectivity index (χ0) is 8.43. The average Bonchev–Trinajstić information content (AvgIpc) is 1.94. The van der Waals surface area contributed by atoms with Crippen LogP contribution in [0.25, 0.3) is 0 Å². The predicted octanol–water partition coefficient (Wildman–Crippen LogP) is 2.14. The molecule has 0 saturated heterocycles. The van der Waals surface area contributed by atoms with Gasteiger partial charge in [0.05, 0.1) is 4.90 Å². The molecule has 1 atom stereocenters. The lowest BCUT2D eigenvalue weighted by Gasteiger charge is -1.94. The van der Waals surface area contributed by atoms with Crippen LogP contribution < -0.4 is 0 Å². The van der Waals surface area contributed by atoms with Gasteiger partial charge in [-0.05, 0) is 16.7 Å². The molecule has 1 aromatic rings. The summed E-state index contributed by atoms with van der Waals surface area (Å²) in [7, 11) is 3.41. The van der Waals surface area contributed by atoms with Crippen molar-refractivity contribution < 1.29 is 8.60 Å². The minimum Gasteiger partial charge on any atom is -0.240 e. The number of halogens is 3. The van der Waals surface area contributed by atoms with Crippen molar-refractivity contribution in [2.75, 3.05) is 0 Å². The topological polar surface area (TPSA) is 30.0 Å². The lowest BCUT2D eigenvalue weighted by molar-refractivity contribution is 0.616. The first kappa shape index (κ1) is 8.90. The van der Waals surface area contributed by atoms with Crippen molar-refractivity contribution in [1.29, 1.82) is 0 Å². The molecule has 1 rings (SSSR count). The van der Waals surface area contributed by atoms with Gasteiger partial charge in [0.15, 0.2) is 11.0 Å². The quantitative estimate of drug-likeness (QED) is 0.529. The number of hydrogen-bond acceptors (Lipinski definition) is 2. The number of aromatic nitrogens is 1. The summed E-state index contributed by atoms with van der Waals surface area (Å²) in [5, 5.41) is -0.254. The van der Waals surface area contributed by atoms with Crippen LogP contribution in [0.1, 0.15) is 0 Å². The van der Waals surface area contributed by atoms with E-state index in [-0.39, 0.29) is 10.0 Å². The van der Waals surface area contributed by atoms with Gasteiger partial charge in [0, 0.05) is 6.20 Å². The minimum atomic E-state index is -1.74. The van der Waals surface area contributed by atoms with Crippen molar-refractivity contribution in [2.24, 2.45) is 0 Å². The molecule has 0 aliphatic rings. The fourth-order valence-electron chi connectivity index (χ4n) is 0.491. The van der Waals surface area contributed by atoms with E-state index in [0.29, 0.717) is 0 Å². The molecule has 2 nitrogen and oxygen atoms in total. The van der Waals surface area contributed by atoms with Crippen LogP contribution in [0.2, 0.25) is 5.15 Å². The summed E-state index contributed by atoms with van der Waals surface area (Å²) in [6.07, 6.45) is 1.16. The fourth-order valence-corrected chi connectivity index (χ4v) is 1.18. The SMILES string of the molecule is O=S(Cl)c1cnc(Cl)c(F)c1. The van der Waals surface area contributed by atoms with Gasteiger partial charge in [-0.2, -0.15) is 0 Å². The third kappa shape index (κ3) is 2.12. The monoisotopic (exact) mass is 213 g/mol. The van der Waals surface area contributed by atoms with E-state index in [9.17, 15) is 8.60 Å². The smallest absolute Gasteiger partial charge is 0.164 e. The Morgan fingerprint density at radius 3 is 2.73 bits per heavy atom. The van der Waals surface area contributed by atoms with Crippen molar-refractivity contribution in [2.45, 2.75) is 4.90 Å². The highest BCUT2D eigenvalue weighted by atomic mass is 35.7. The molecule has 60 valence electrons. The predicted molar refractivity (Wildman–Crippen MR) is 41.5 cm³/mol. The normalized spacial score (nSPS) is 13.0. The van der Waals surface area contributed by atoms with Crippen LogP contribution in [0.4, 0.5) is 4.39 Å². The Morgan fingerprint density at radius 2 is 2.27 bits per heavy atom. The van der Waals surface area contributed by atoms with Crippen molar-refractivity contribution in [3.8, 4) is 0 Å². The zero-order valence-electron chi connectivity index (χ0n) is 5.05. The Bertz CT molecular complexity index is 307. The van der Waals surface area contributed by atoms with E-state index in [1.807, 2.05) is 0 Å². The van der Waals surface area contributed by atoms with Gasteiger partial charge in [-0.25, -0.2) is 13.6 Å². The number of pyridine rings is 1. The van der Waals surface area contributed by atoms with Crippen molar-refractivity contribution in [3.63, 3.8) is 0 Å². The molecular formula is C5H2Cl2FNOS. The Labute approximate surface area is 74.3 Å². The average molecular weight is 214 g/mol. The summed E-state index contributed by atoms with van der Waals surface area (Å²) in [6, 6.07) is 0.985. The van der Waals surface area contributed by atoms with Crippen LogP contribution in [0, 0.1) is 5.82 Å². The van der Waals surface area contributed by atoms with Crippen LogP contribution in [-0.4, -0.2) is 9.19 Å². The van der Waals surface area contributed by atoms with Crippen molar-refractivity contribution in [3.05, 3.63) is 23.2 Å². The maximum atomic E-state index is 12.6. The minimum absolute atomic E-state index is 0.105. The number of hydrogen-bond donors (Lipinski definition) is 0. The molecule has 1 heterocycles. The lowest BCUT2D eigenvalue weighted by Crippen LogP contribution is -1.87. The first-order chi connectivity index (χ1) is 5.11. The second-order valence-corrected chi connectivity index (χ2v) is 3.78. The third-order valence-electron chi connectivity index (χ3n) is 0.957. The molecule has 0 aliphatic carbocycles. The molecule has 0 aliphatic heterocycles. The maximum absolute atomic E-state index is 12.6. The Balaban J connectivity index is 3.15. The highest BCUT2D eigenvalue weighted by Gasteiger charge is 2.05. The molecule has 0 radical (unpaired) electrons. The van der Waals surface area contributed by atoms with Crippen molar-refractivity contribution in [1.82, 2.24) is 4.98 Å². The number of rotatable bonds is 1. The van der Waals surface area contributed by atoms with Gasteiger partial charge in [-0.15, -0.1) is 0 Å². The largest absolute Gasteiger partial charge is 0.240 e. The van der Waals surface area contributed by atoms with E-state index in [1.165, 1.54) is 0 Å². The highest BCUT2D eigenvalue weighted by molar-refractivity contribution is 8.08. The molecule has 0 N–H and O–H groups in total. The van der Waals surface area contributed by atoms with Crippen LogP contribution in [0.15, 0.2) is 17.2 Å². The Hall–Kier alpha value is -0.190. The van der Waals surface area contributed by atoms with Gasteiger partial charge < -0.3 is 0 Å². The molecule has 0 spiro atoms. The van der Waals surface area contributed by atoms with Crippen LogP contribution >= 0.6 is 22.3 Å². The van der Waals surface area contributed by atoms with Gasteiger partial charge >= 0.3 is 0 Å². The Morgan fingerprint density at radius 1 is 1.64 bits per heavy atom. The molecule has 6 heteroatoms. The van der Waals surface area contributed by atoms with Crippen LogP contribution in [-0.2, 0) is 10.0 Å².